The number of pyridine rings is 1. The standard InChI is InChI=1S/C14H10BrF4N3O/c15-7-1-3-8(4-2-7)21-9(23)5-6-20-12-10(16)13(18)22-14(19)11(12)17/h1-4H,5-6H2,(H,20,22)(H,21,23). The second-order valence-corrected chi connectivity index (χ2v) is 5.34. The van der Waals surface area contributed by atoms with Crippen LogP contribution in [0.2, 0.25) is 0 Å². The normalized spacial score (nSPS) is 10.5. The van der Waals surface area contributed by atoms with Gasteiger partial charge in [0.2, 0.25) is 17.5 Å². The molecule has 2 N–H and O–H groups in total. The van der Waals surface area contributed by atoms with Gasteiger partial charge >= 0.3 is 0 Å². The number of carbonyl (C=O) groups is 1. The maximum Gasteiger partial charge on any atom is 0.253 e. The van der Waals surface area contributed by atoms with Crippen molar-refractivity contribution in [3.05, 3.63) is 52.3 Å². The van der Waals surface area contributed by atoms with Crippen molar-refractivity contribution in [1.29, 1.82) is 0 Å². The van der Waals surface area contributed by atoms with E-state index in [1.165, 1.54) is 0 Å². The summed E-state index contributed by atoms with van der Waals surface area (Å²) in [5.74, 6) is -7.23. The number of rotatable bonds is 5. The number of halogens is 5. The highest BCUT2D eigenvalue weighted by Crippen LogP contribution is 2.22. The maximum atomic E-state index is 13.3. The number of hydrogen-bond donors (Lipinski definition) is 2. The summed E-state index contributed by atoms with van der Waals surface area (Å²) in [4.78, 5) is 14.1. The highest BCUT2D eigenvalue weighted by molar-refractivity contribution is 9.10. The largest absolute Gasteiger partial charge is 0.379 e. The number of aromatic nitrogens is 1. The fourth-order valence-electron chi connectivity index (χ4n) is 1.70. The molecule has 0 fully saturated rings. The lowest BCUT2D eigenvalue weighted by Gasteiger charge is -2.09. The van der Waals surface area contributed by atoms with Crippen LogP contribution in [0.3, 0.4) is 0 Å². The molecule has 0 aliphatic rings. The zero-order chi connectivity index (χ0) is 17.0. The molecule has 0 saturated carbocycles. The SMILES string of the molecule is O=C(CCNc1c(F)c(F)nc(F)c1F)Nc1ccc(Br)cc1. The third-order valence-corrected chi connectivity index (χ3v) is 3.31. The molecule has 1 aromatic carbocycles. The first-order valence-corrected chi connectivity index (χ1v) is 7.17. The fraction of sp³-hybridized carbons (Fsp3) is 0.143. The van der Waals surface area contributed by atoms with E-state index in [2.05, 4.69) is 31.5 Å². The van der Waals surface area contributed by atoms with Crippen LogP contribution in [0.15, 0.2) is 28.7 Å². The van der Waals surface area contributed by atoms with Crippen LogP contribution in [0, 0.1) is 23.5 Å². The molecule has 23 heavy (non-hydrogen) atoms. The number of carbonyl (C=O) groups excluding carboxylic acids is 1. The average molecular weight is 392 g/mol. The Hall–Kier alpha value is -2.16. The van der Waals surface area contributed by atoms with Gasteiger partial charge in [-0.25, -0.2) is 0 Å². The number of benzene rings is 1. The molecule has 0 atom stereocenters. The van der Waals surface area contributed by atoms with Crippen LogP contribution in [0.25, 0.3) is 0 Å². The van der Waals surface area contributed by atoms with Gasteiger partial charge in [0.15, 0.2) is 0 Å². The molecule has 2 rings (SSSR count). The average Bonchev–Trinajstić information content (AvgIpc) is 2.51. The Kier molecular flexibility index (Phi) is 5.54. The highest BCUT2D eigenvalue weighted by Gasteiger charge is 2.20. The fourth-order valence-corrected chi connectivity index (χ4v) is 1.96. The lowest BCUT2D eigenvalue weighted by Crippen LogP contribution is -2.18. The summed E-state index contributed by atoms with van der Waals surface area (Å²) in [5.41, 5.74) is -0.456. The third kappa shape index (κ3) is 4.41. The van der Waals surface area contributed by atoms with Gasteiger partial charge in [-0.15, -0.1) is 0 Å². The van der Waals surface area contributed by atoms with E-state index in [9.17, 15) is 22.4 Å². The molecule has 0 spiro atoms. The Bertz CT molecular complexity index is 699. The van der Waals surface area contributed by atoms with Crippen molar-refractivity contribution in [2.24, 2.45) is 0 Å². The molecular formula is C14H10BrF4N3O. The number of hydrogen-bond acceptors (Lipinski definition) is 3. The smallest absolute Gasteiger partial charge is 0.253 e. The molecule has 0 bridgehead atoms. The summed E-state index contributed by atoms with van der Waals surface area (Å²) < 4.78 is 53.3. The van der Waals surface area contributed by atoms with Crippen molar-refractivity contribution < 1.29 is 22.4 Å². The van der Waals surface area contributed by atoms with Crippen molar-refractivity contribution in [2.75, 3.05) is 17.2 Å². The number of amides is 1. The Balaban J connectivity index is 1.92. The van der Waals surface area contributed by atoms with Crippen LogP contribution >= 0.6 is 15.9 Å². The van der Waals surface area contributed by atoms with Gasteiger partial charge in [-0.05, 0) is 24.3 Å². The highest BCUT2D eigenvalue weighted by atomic mass is 79.9. The first kappa shape index (κ1) is 17.2. The van der Waals surface area contributed by atoms with Crippen molar-refractivity contribution in [3.8, 4) is 0 Å². The van der Waals surface area contributed by atoms with Crippen molar-refractivity contribution in [3.63, 3.8) is 0 Å². The van der Waals surface area contributed by atoms with Crippen LogP contribution in [0.5, 0.6) is 0 Å². The Labute approximate surface area is 137 Å². The summed E-state index contributed by atoms with van der Waals surface area (Å²) in [6.45, 7) is -0.223. The van der Waals surface area contributed by atoms with E-state index in [-0.39, 0.29) is 13.0 Å². The molecule has 0 aliphatic carbocycles. The predicted molar refractivity (Wildman–Crippen MR) is 79.9 cm³/mol. The summed E-state index contributed by atoms with van der Waals surface area (Å²) in [6, 6.07) is 6.76. The maximum absolute atomic E-state index is 13.3. The van der Waals surface area contributed by atoms with Crippen molar-refractivity contribution in [2.45, 2.75) is 6.42 Å². The van der Waals surface area contributed by atoms with Crippen molar-refractivity contribution in [1.82, 2.24) is 4.98 Å². The minimum atomic E-state index is -1.76. The second kappa shape index (κ2) is 7.40. The van der Waals surface area contributed by atoms with Crippen LogP contribution in [0.4, 0.5) is 28.9 Å². The summed E-state index contributed by atoms with van der Waals surface area (Å²) >= 11 is 3.24. The lowest BCUT2D eigenvalue weighted by molar-refractivity contribution is -0.115. The Morgan fingerprint density at radius 2 is 1.61 bits per heavy atom. The molecule has 1 aromatic heterocycles. The Morgan fingerprint density at radius 1 is 1.04 bits per heavy atom. The third-order valence-electron chi connectivity index (χ3n) is 2.78. The van der Waals surface area contributed by atoms with Crippen molar-refractivity contribution >= 4 is 33.2 Å². The number of anilines is 2. The molecule has 2 aromatic rings. The van der Waals surface area contributed by atoms with E-state index in [0.717, 1.165) is 4.47 Å². The van der Waals surface area contributed by atoms with Gasteiger partial charge in [0, 0.05) is 23.1 Å². The van der Waals surface area contributed by atoms with Gasteiger partial charge in [0.1, 0.15) is 5.69 Å². The van der Waals surface area contributed by atoms with Gasteiger partial charge < -0.3 is 10.6 Å². The van der Waals surface area contributed by atoms with E-state index in [1.54, 1.807) is 24.3 Å². The zero-order valence-electron chi connectivity index (χ0n) is 11.5. The summed E-state index contributed by atoms with van der Waals surface area (Å²) in [5, 5.41) is 4.71. The van der Waals surface area contributed by atoms with Gasteiger partial charge in [-0.2, -0.15) is 22.5 Å². The molecule has 4 nitrogen and oxygen atoms in total. The second-order valence-electron chi connectivity index (χ2n) is 4.43. The number of nitrogens with zero attached hydrogens (tertiary/aromatic N) is 1. The minimum absolute atomic E-state index is 0.166. The predicted octanol–water partition coefficient (Wildman–Crippen LogP) is 3.84. The monoisotopic (exact) mass is 391 g/mol. The molecule has 122 valence electrons. The van der Waals surface area contributed by atoms with Crippen LogP contribution in [0.1, 0.15) is 6.42 Å². The van der Waals surface area contributed by atoms with Crippen LogP contribution < -0.4 is 10.6 Å². The number of nitrogens with one attached hydrogen (secondary N) is 2. The quantitative estimate of drug-likeness (QED) is 0.601. The Morgan fingerprint density at radius 3 is 2.17 bits per heavy atom. The summed E-state index contributed by atoms with van der Waals surface area (Å²) in [6.07, 6.45) is -0.166. The first-order valence-electron chi connectivity index (χ1n) is 6.37. The van der Waals surface area contributed by atoms with Gasteiger partial charge in [-0.3, -0.25) is 4.79 Å². The van der Waals surface area contributed by atoms with E-state index in [4.69, 9.17) is 0 Å². The van der Waals surface area contributed by atoms with Crippen LogP contribution in [-0.2, 0) is 4.79 Å². The molecule has 1 heterocycles. The lowest BCUT2D eigenvalue weighted by atomic mass is 10.3. The van der Waals surface area contributed by atoms with E-state index < -0.39 is 35.1 Å². The van der Waals surface area contributed by atoms with E-state index >= 15 is 0 Å². The summed E-state index contributed by atoms with van der Waals surface area (Å²) in [7, 11) is 0. The van der Waals surface area contributed by atoms with E-state index in [0.29, 0.717) is 5.69 Å². The zero-order valence-corrected chi connectivity index (χ0v) is 13.1. The molecular weight excluding hydrogens is 382 g/mol. The molecule has 0 unspecified atom stereocenters. The molecule has 0 saturated heterocycles. The van der Waals surface area contributed by atoms with E-state index in [1.807, 2.05) is 0 Å². The van der Waals surface area contributed by atoms with Crippen LogP contribution in [-0.4, -0.2) is 17.4 Å². The first-order chi connectivity index (χ1) is 10.9. The topological polar surface area (TPSA) is 54.0 Å². The van der Waals surface area contributed by atoms with Gasteiger partial charge in [-0.1, -0.05) is 15.9 Å². The molecule has 1 amide bonds. The molecule has 9 heteroatoms. The van der Waals surface area contributed by atoms with Gasteiger partial charge in [0.05, 0.1) is 0 Å². The molecule has 0 radical (unpaired) electrons. The van der Waals surface area contributed by atoms with Gasteiger partial charge in [0.25, 0.3) is 11.9 Å². The minimum Gasteiger partial charge on any atom is -0.379 e. The molecule has 0 aliphatic heterocycles.